The van der Waals surface area contributed by atoms with E-state index >= 15 is 0 Å². The molecule has 0 aromatic rings. The monoisotopic (exact) mass is 175 g/mol. The van der Waals surface area contributed by atoms with Crippen LogP contribution in [0.4, 0.5) is 0 Å². The Morgan fingerprint density at radius 1 is 1.36 bits per heavy atom. The van der Waals surface area contributed by atoms with Gasteiger partial charge in [0.2, 0.25) is 5.91 Å². The second-order valence-corrected chi connectivity index (χ2v) is 2.84. The van der Waals surface area contributed by atoms with Crippen molar-refractivity contribution in [2.24, 2.45) is 0 Å². The van der Waals surface area contributed by atoms with Crippen LogP contribution in [0.2, 0.25) is 0 Å². The van der Waals surface area contributed by atoms with Gasteiger partial charge in [-0.1, -0.05) is 0 Å². The number of hydrogen-bond donors (Lipinski definition) is 1. The van der Waals surface area contributed by atoms with Crippen LogP contribution in [0.25, 0.3) is 0 Å². The van der Waals surface area contributed by atoms with Gasteiger partial charge >= 0.3 is 0 Å². The minimum atomic E-state index is 0.254. The van der Waals surface area contributed by atoms with Crippen LogP contribution in [0.5, 0.6) is 0 Å². The summed E-state index contributed by atoms with van der Waals surface area (Å²) in [5, 5.41) is 0. The molecule has 0 aliphatic rings. The summed E-state index contributed by atoms with van der Waals surface area (Å²) in [7, 11) is 0. The Morgan fingerprint density at radius 3 is 2.27 bits per heavy atom. The van der Waals surface area contributed by atoms with Crippen LogP contribution in [0.3, 0.4) is 0 Å². The first-order valence-corrected chi connectivity index (χ1v) is 4.78. The van der Waals surface area contributed by atoms with Crippen LogP contribution in [-0.4, -0.2) is 29.6 Å². The van der Waals surface area contributed by atoms with Crippen LogP contribution in [-0.2, 0) is 4.79 Å². The Morgan fingerprint density at radius 2 is 1.91 bits per heavy atom. The van der Waals surface area contributed by atoms with Crippen LogP contribution in [0.1, 0.15) is 26.7 Å². The highest BCUT2D eigenvalue weighted by Gasteiger charge is 2.07. The summed E-state index contributed by atoms with van der Waals surface area (Å²) in [5.74, 6) is 1.05. The third-order valence-electron chi connectivity index (χ3n) is 1.66. The van der Waals surface area contributed by atoms with Crippen LogP contribution < -0.4 is 0 Å². The lowest BCUT2D eigenvalue weighted by atomic mass is 10.3. The average molecular weight is 175 g/mol. The Labute approximate surface area is 74.4 Å². The molecule has 0 saturated carbocycles. The molecule has 0 heterocycles. The van der Waals surface area contributed by atoms with E-state index < -0.39 is 0 Å². The molecule has 2 nitrogen and oxygen atoms in total. The summed E-state index contributed by atoms with van der Waals surface area (Å²) < 4.78 is 0. The van der Waals surface area contributed by atoms with Gasteiger partial charge in [0, 0.05) is 19.5 Å². The number of amides is 1. The van der Waals surface area contributed by atoms with Gasteiger partial charge in [-0.15, -0.1) is 0 Å². The van der Waals surface area contributed by atoms with E-state index in [4.69, 9.17) is 0 Å². The Balaban J connectivity index is 3.61. The van der Waals surface area contributed by atoms with Crippen molar-refractivity contribution in [1.29, 1.82) is 0 Å². The van der Waals surface area contributed by atoms with Gasteiger partial charge in [0.25, 0.3) is 0 Å². The molecule has 0 unspecified atom stereocenters. The molecule has 1 amide bonds. The molecule has 0 aromatic heterocycles. The fourth-order valence-electron chi connectivity index (χ4n) is 0.965. The molecule has 0 fully saturated rings. The van der Waals surface area contributed by atoms with E-state index in [1.165, 1.54) is 0 Å². The third kappa shape index (κ3) is 4.30. The molecule has 66 valence electrons. The third-order valence-corrected chi connectivity index (χ3v) is 1.98. The van der Waals surface area contributed by atoms with Crippen molar-refractivity contribution in [3.63, 3.8) is 0 Å². The van der Waals surface area contributed by atoms with E-state index in [1.54, 1.807) is 0 Å². The SMILES string of the molecule is CCN(CC)C(=O)CCCS. The van der Waals surface area contributed by atoms with Gasteiger partial charge in [-0.25, -0.2) is 0 Å². The Bertz CT molecular complexity index is 113. The maximum absolute atomic E-state index is 11.3. The fraction of sp³-hybridized carbons (Fsp3) is 0.875. The van der Waals surface area contributed by atoms with Gasteiger partial charge in [0.15, 0.2) is 0 Å². The van der Waals surface area contributed by atoms with Crippen molar-refractivity contribution in [3.05, 3.63) is 0 Å². The molecule has 3 heteroatoms. The van der Waals surface area contributed by atoms with Crippen molar-refractivity contribution >= 4 is 18.5 Å². The highest BCUT2D eigenvalue weighted by molar-refractivity contribution is 7.80. The van der Waals surface area contributed by atoms with Crippen LogP contribution in [0.15, 0.2) is 0 Å². The molecule has 0 rings (SSSR count). The van der Waals surface area contributed by atoms with E-state index in [-0.39, 0.29) is 5.91 Å². The molecule has 0 aliphatic carbocycles. The van der Waals surface area contributed by atoms with E-state index in [2.05, 4.69) is 12.6 Å². The predicted molar refractivity (Wildman–Crippen MR) is 51.0 cm³/mol. The largest absolute Gasteiger partial charge is 0.343 e. The summed E-state index contributed by atoms with van der Waals surface area (Å²) in [6.45, 7) is 5.65. The fourth-order valence-corrected chi connectivity index (χ4v) is 1.12. The number of nitrogens with zero attached hydrogens (tertiary/aromatic N) is 1. The van der Waals surface area contributed by atoms with Gasteiger partial charge in [0.1, 0.15) is 0 Å². The highest BCUT2D eigenvalue weighted by Crippen LogP contribution is 1.98. The summed E-state index contributed by atoms with van der Waals surface area (Å²) in [6, 6.07) is 0. The van der Waals surface area contributed by atoms with Crippen molar-refractivity contribution in [2.75, 3.05) is 18.8 Å². The zero-order valence-corrected chi connectivity index (χ0v) is 8.23. The molecule has 0 aromatic carbocycles. The van der Waals surface area contributed by atoms with Gasteiger partial charge in [-0.3, -0.25) is 4.79 Å². The van der Waals surface area contributed by atoms with Crippen molar-refractivity contribution in [1.82, 2.24) is 4.90 Å². The molecule has 0 bridgehead atoms. The summed E-state index contributed by atoms with van der Waals surface area (Å²) in [5.41, 5.74) is 0. The smallest absolute Gasteiger partial charge is 0.222 e. The molecular weight excluding hydrogens is 158 g/mol. The standard InChI is InChI=1S/C8H17NOS/c1-3-9(4-2)8(10)6-5-7-11/h11H,3-7H2,1-2H3. The van der Waals surface area contributed by atoms with E-state index in [0.29, 0.717) is 6.42 Å². The van der Waals surface area contributed by atoms with Crippen molar-refractivity contribution < 1.29 is 4.79 Å². The first-order valence-electron chi connectivity index (χ1n) is 4.14. The van der Waals surface area contributed by atoms with Crippen molar-refractivity contribution in [2.45, 2.75) is 26.7 Å². The number of carbonyl (C=O) groups is 1. The van der Waals surface area contributed by atoms with E-state index in [0.717, 1.165) is 25.3 Å². The highest BCUT2D eigenvalue weighted by atomic mass is 32.1. The van der Waals surface area contributed by atoms with Crippen LogP contribution >= 0.6 is 12.6 Å². The first kappa shape index (κ1) is 10.8. The second kappa shape index (κ2) is 6.53. The summed E-state index contributed by atoms with van der Waals surface area (Å²) in [4.78, 5) is 13.1. The Hall–Kier alpha value is -0.180. The number of carbonyl (C=O) groups excluding carboxylic acids is 1. The lowest BCUT2D eigenvalue weighted by molar-refractivity contribution is -0.130. The summed E-state index contributed by atoms with van der Waals surface area (Å²) >= 11 is 4.05. The molecule has 0 spiro atoms. The number of hydrogen-bond acceptors (Lipinski definition) is 2. The molecular formula is C8H17NOS. The number of thiol groups is 1. The minimum absolute atomic E-state index is 0.254. The van der Waals surface area contributed by atoms with Gasteiger partial charge < -0.3 is 4.90 Å². The van der Waals surface area contributed by atoms with Crippen molar-refractivity contribution in [3.8, 4) is 0 Å². The molecule has 0 radical (unpaired) electrons. The lowest BCUT2D eigenvalue weighted by Gasteiger charge is -2.17. The molecule has 0 aliphatic heterocycles. The topological polar surface area (TPSA) is 20.3 Å². The predicted octanol–water partition coefficient (Wildman–Crippen LogP) is 1.56. The molecule has 0 saturated heterocycles. The van der Waals surface area contributed by atoms with Gasteiger partial charge in [0.05, 0.1) is 0 Å². The first-order chi connectivity index (χ1) is 5.26. The maximum Gasteiger partial charge on any atom is 0.222 e. The second-order valence-electron chi connectivity index (χ2n) is 2.39. The number of rotatable bonds is 5. The van der Waals surface area contributed by atoms with Gasteiger partial charge in [-0.05, 0) is 26.0 Å². The Kier molecular flexibility index (Phi) is 6.42. The van der Waals surface area contributed by atoms with Crippen LogP contribution in [0, 0.1) is 0 Å². The van der Waals surface area contributed by atoms with E-state index in [1.807, 2.05) is 18.7 Å². The molecule has 0 N–H and O–H groups in total. The van der Waals surface area contributed by atoms with Gasteiger partial charge in [-0.2, -0.15) is 12.6 Å². The molecule has 0 atom stereocenters. The zero-order chi connectivity index (χ0) is 8.69. The molecule has 11 heavy (non-hydrogen) atoms. The zero-order valence-electron chi connectivity index (χ0n) is 7.34. The average Bonchev–Trinajstić information content (AvgIpc) is 2.03. The summed E-state index contributed by atoms with van der Waals surface area (Å²) in [6.07, 6.45) is 1.53. The maximum atomic E-state index is 11.3. The normalized spacial score (nSPS) is 9.73. The minimum Gasteiger partial charge on any atom is -0.343 e. The van der Waals surface area contributed by atoms with E-state index in [9.17, 15) is 4.79 Å². The lowest BCUT2D eigenvalue weighted by Crippen LogP contribution is -2.30. The quantitative estimate of drug-likeness (QED) is 0.629.